The Hall–Kier alpha value is -1.69. The van der Waals surface area contributed by atoms with Crippen molar-refractivity contribution in [3.8, 4) is 0 Å². The Morgan fingerprint density at radius 2 is 1.05 bits per heavy atom. The van der Waals surface area contributed by atoms with Crippen molar-refractivity contribution in [2.75, 3.05) is 6.61 Å². The van der Waals surface area contributed by atoms with Gasteiger partial charge in [-0.15, -0.1) is 0 Å². The molecule has 0 aliphatic heterocycles. The number of hydrogen-bond acceptors (Lipinski definition) is 4. The molecule has 0 radical (unpaired) electrons. The minimum atomic E-state index is -1.11. The van der Waals surface area contributed by atoms with Crippen LogP contribution in [0.2, 0.25) is 0 Å². The number of amides is 1. The van der Waals surface area contributed by atoms with Crippen LogP contribution in [0, 0.1) is 0 Å². The zero-order valence-corrected chi connectivity index (χ0v) is 25.9. The number of aliphatic hydroxyl groups excluding tert-OH is 3. The minimum absolute atomic E-state index is 0.385. The fourth-order valence-corrected chi connectivity index (χ4v) is 4.43. The highest BCUT2D eigenvalue weighted by atomic mass is 16.3. The first-order valence-corrected chi connectivity index (χ1v) is 16.5. The molecule has 3 atom stereocenters. The van der Waals surface area contributed by atoms with Gasteiger partial charge in [-0.1, -0.05) is 127 Å². The van der Waals surface area contributed by atoms with Gasteiger partial charge < -0.3 is 20.6 Å². The summed E-state index contributed by atoms with van der Waals surface area (Å²) in [6.45, 7) is 4.06. The van der Waals surface area contributed by atoms with Crippen molar-refractivity contribution in [3.63, 3.8) is 0 Å². The lowest BCUT2D eigenvalue weighted by Crippen LogP contribution is -2.48. The van der Waals surface area contributed by atoms with Gasteiger partial charge in [-0.05, 0) is 64.2 Å². The minimum Gasteiger partial charge on any atom is -0.394 e. The van der Waals surface area contributed by atoms with Crippen LogP contribution >= 0.6 is 0 Å². The number of carbonyl (C=O) groups excluding carboxylic acids is 1. The second kappa shape index (κ2) is 30.3. The van der Waals surface area contributed by atoms with Crippen molar-refractivity contribution in [3.05, 3.63) is 48.6 Å². The maximum absolute atomic E-state index is 12.3. The smallest absolute Gasteiger partial charge is 0.249 e. The first-order chi connectivity index (χ1) is 19.6. The Kier molecular flexibility index (Phi) is 29.0. The van der Waals surface area contributed by atoms with Gasteiger partial charge in [-0.3, -0.25) is 4.79 Å². The molecule has 0 aliphatic rings. The summed E-state index contributed by atoms with van der Waals surface area (Å²) in [7, 11) is 0. The van der Waals surface area contributed by atoms with Crippen LogP contribution in [0.5, 0.6) is 0 Å². The van der Waals surface area contributed by atoms with Crippen LogP contribution in [0.3, 0.4) is 0 Å². The van der Waals surface area contributed by atoms with E-state index >= 15 is 0 Å². The maximum atomic E-state index is 12.3. The van der Waals surface area contributed by atoms with Gasteiger partial charge in [-0.2, -0.15) is 0 Å². The highest BCUT2D eigenvalue weighted by Gasteiger charge is 2.22. The fraction of sp³-hybridized carbons (Fsp3) is 0.743. The first-order valence-electron chi connectivity index (χ1n) is 16.5. The first kappa shape index (κ1) is 38.3. The summed E-state index contributed by atoms with van der Waals surface area (Å²) < 4.78 is 0. The molecule has 5 heteroatoms. The highest BCUT2D eigenvalue weighted by Crippen LogP contribution is 2.11. The van der Waals surface area contributed by atoms with Crippen molar-refractivity contribution < 1.29 is 20.1 Å². The Morgan fingerprint density at radius 3 is 1.60 bits per heavy atom. The van der Waals surface area contributed by atoms with Gasteiger partial charge in [0.2, 0.25) is 5.91 Å². The Labute approximate surface area is 246 Å². The SMILES string of the molecule is CCCC/C=C/CC/C=C/CC/C=C/C(O)C(CO)NC(=O)C(O)CCCCCCCC/C=C\CCCCCC. The van der Waals surface area contributed by atoms with Gasteiger partial charge in [0.1, 0.15) is 6.10 Å². The van der Waals surface area contributed by atoms with Gasteiger partial charge in [0.05, 0.1) is 18.8 Å². The lowest BCUT2D eigenvalue weighted by atomic mass is 10.0. The number of hydrogen-bond donors (Lipinski definition) is 4. The van der Waals surface area contributed by atoms with E-state index in [0.29, 0.717) is 6.42 Å². The monoisotopic (exact) mass is 561 g/mol. The van der Waals surface area contributed by atoms with Gasteiger partial charge in [0.15, 0.2) is 0 Å². The predicted octanol–water partition coefficient (Wildman–Crippen LogP) is 8.25. The van der Waals surface area contributed by atoms with E-state index in [1.54, 1.807) is 6.08 Å². The summed E-state index contributed by atoms with van der Waals surface area (Å²) in [5.41, 5.74) is 0. The molecular weight excluding hydrogens is 498 g/mol. The largest absolute Gasteiger partial charge is 0.394 e. The van der Waals surface area contributed by atoms with Crippen LogP contribution in [0.1, 0.15) is 142 Å². The third-order valence-corrected chi connectivity index (χ3v) is 7.12. The summed E-state index contributed by atoms with van der Waals surface area (Å²) in [5.74, 6) is -0.528. The molecule has 0 aromatic rings. The second-order valence-corrected chi connectivity index (χ2v) is 11.0. The molecule has 4 N–H and O–H groups in total. The molecule has 5 nitrogen and oxygen atoms in total. The molecule has 1 amide bonds. The fourth-order valence-electron chi connectivity index (χ4n) is 4.43. The van der Waals surface area contributed by atoms with Gasteiger partial charge >= 0.3 is 0 Å². The molecule has 0 bridgehead atoms. The third-order valence-electron chi connectivity index (χ3n) is 7.12. The van der Waals surface area contributed by atoms with Crippen molar-refractivity contribution in [1.82, 2.24) is 5.32 Å². The zero-order valence-electron chi connectivity index (χ0n) is 25.9. The predicted molar refractivity (Wildman–Crippen MR) is 171 cm³/mol. The van der Waals surface area contributed by atoms with E-state index in [1.165, 1.54) is 70.6 Å². The van der Waals surface area contributed by atoms with Crippen LogP contribution in [-0.2, 0) is 4.79 Å². The quantitative estimate of drug-likeness (QED) is 0.0572. The molecule has 0 fully saturated rings. The normalized spacial score (nSPS) is 14.6. The number of rotatable bonds is 28. The molecule has 0 rings (SSSR count). The summed E-state index contributed by atoms with van der Waals surface area (Å²) in [6.07, 6.45) is 36.9. The number of carbonyl (C=O) groups is 1. The van der Waals surface area contributed by atoms with E-state index in [0.717, 1.165) is 51.4 Å². The van der Waals surface area contributed by atoms with Crippen molar-refractivity contribution >= 4 is 5.91 Å². The maximum Gasteiger partial charge on any atom is 0.249 e. The lowest BCUT2D eigenvalue weighted by Gasteiger charge is -2.21. The average Bonchev–Trinajstić information content (AvgIpc) is 2.96. The molecule has 40 heavy (non-hydrogen) atoms. The summed E-state index contributed by atoms with van der Waals surface area (Å²) in [6, 6.07) is -0.821. The number of unbranched alkanes of at least 4 members (excludes halogenated alkanes) is 14. The molecule has 0 aromatic heterocycles. The number of nitrogens with one attached hydrogen (secondary N) is 1. The summed E-state index contributed by atoms with van der Waals surface area (Å²) >= 11 is 0. The van der Waals surface area contributed by atoms with Crippen LogP contribution in [0.4, 0.5) is 0 Å². The third kappa shape index (κ3) is 25.3. The van der Waals surface area contributed by atoms with E-state index in [-0.39, 0.29) is 6.61 Å². The molecule has 3 unspecified atom stereocenters. The van der Waals surface area contributed by atoms with Crippen molar-refractivity contribution in [2.24, 2.45) is 0 Å². The van der Waals surface area contributed by atoms with Crippen LogP contribution in [0.25, 0.3) is 0 Å². The standard InChI is InChI=1S/C35H63NO4/c1-3-5-7-9-11-13-15-17-18-20-22-24-26-28-30-34(39)35(40)36-32(31-37)33(38)29-27-25-23-21-19-16-14-12-10-8-6-4-2/h10,12-13,15,19,21,27,29,32-34,37-39H,3-9,11,14,16-18,20,22-26,28,30-31H2,1-2H3,(H,36,40)/b12-10+,15-13-,21-19+,29-27+. The molecule has 0 spiro atoms. The molecule has 0 saturated carbocycles. The molecule has 0 saturated heterocycles. The number of allylic oxidation sites excluding steroid dienone is 7. The van der Waals surface area contributed by atoms with Crippen LogP contribution < -0.4 is 5.32 Å². The van der Waals surface area contributed by atoms with Gasteiger partial charge in [-0.25, -0.2) is 0 Å². The van der Waals surface area contributed by atoms with Crippen molar-refractivity contribution in [2.45, 2.75) is 161 Å². The summed E-state index contributed by atoms with van der Waals surface area (Å²) in [5, 5.41) is 32.8. The highest BCUT2D eigenvalue weighted by molar-refractivity contribution is 5.80. The Bertz CT molecular complexity index is 670. The Balaban J connectivity index is 3.89. The molecular formula is C35H63NO4. The van der Waals surface area contributed by atoms with E-state index in [1.807, 2.05) is 6.08 Å². The van der Waals surface area contributed by atoms with Gasteiger partial charge in [0.25, 0.3) is 0 Å². The average molecular weight is 562 g/mol. The Morgan fingerprint density at radius 1 is 0.600 bits per heavy atom. The second-order valence-electron chi connectivity index (χ2n) is 11.0. The van der Waals surface area contributed by atoms with Crippen LogP contribution in [0.15, 0.2) is 48.6 Å². The molecule has 0 heterocycles. The molecule has 232 valence electrons. The lowest BCUT2D eigenvalue weighted by molar-refractivity contribution is -0.131. The van der Waals surface area contributed by atoms with E-state index < -0.39 is 24.2 Å². The van der Waals surface area contributed by atoms with Crippen LogP contribution in [-0.4, -0.2) is 46.1 Å². The zero-order chi connectivity index (χ0) is 29.5. The van der Waals surface area contributed by atoms with Crippen molar-refractivity contribution in [1.29, 1.82) is 0 Å². The molecule has 0 aromatic carbocycles. The van der Waals surface area contributed by atoms with Gasteiger partial charge in [0, 0.05) is 0 Å². The topological polar surface area (TPSA) is 89.8 Å². The van der Waals surface area contributed by atoms with E-state index in [2.05, 4.69) is 55.6 Å². The van der Waals surface area contributed by atoms with E-state index in [4.69, 9.17) is 0 Å². The van der Waals surface area contributed by atoms with E-state index in [9.17, 15) is 20.1 Å². The molecule has 0 aliphatic carbocycles. The number of aliphatic hydroxyl groups is 3. The summed E-state index contributed by atoms with van der Waals surface area (Å²) in [4.78, 5) is 12.3.